The minimum Gasteiger partial charge on any atom is -0.411 e. The van der Waals surface area contributed by atoms with Crippen LogP contribution in [-0.4, -0.2) is 47.3 Å². The topological polar surface area (TPSA) is 68.5 Å². The Bertz CT molecular complexity index is 945. The van der Waals surface area contributed by atoms with E-state index in [1.165, 1.54) is 11.8 Å². The molecule has 6 nitrogen and oxygen atoms in total. The molecule has 1 saturated heterocycles. The summed E-state index contributed by atoms with van der Waals surface area (Å²) in [5, 5.41) is 8.22. The zero-order chi connectivity index (χ0) is 19.3. The fourth-order valence-electron chi connectivity index (χ4n) is 2.94. The van der Waals surface area contributed by atoms with Crippen molar-refractivity contribution in [3.63, 3.8) is 0 Å². The second kappa shape index (κ2) is 8.89. The fraction of sp³-hybridized carbons (Fsp3) is 0.250. The third kappa shape index (κ3) is 4.29. The molecule has 4 rings (SSSR count). The van der Waals surface area contributed by atoms with Gasteiger partial charge in [-0.25, -0.2) is 0 Å². The first-order valence-electron chi connectivity index (χ1n) is 8.89. The normalized spacial score (nSPS) is 15.4. The predicted octanol–water partition coefficient (Wildman–Crippen LogP) is 4.19. The van der Waals surface area contributed by atoms with Gasteiger partial charge in [-0.1, -0.05) is 42.5 Å². The van der Waals surface area contributed by atoms with Gasteiger partial charge in [-0.3, -0.25) is 4.79 Å². The van der Waals surface area contributed by atoms with Crippen LogP contribution in [0.2, 0.25) is 0 Å². The summed E-state index contributed by atoms with van der Waals surface area (Å²) in [5.41, 5.74) is 1.72. The van der Waals surface area contributed by atoms with E-state index in [9.17, 15) is 4.79 Å². The van der Waals surface area contributed by atoms with E-state index in [-0.39, 0.29) is 5.91 Å². The average molecular weight is 460 g/mol. The molecule has 1 aliphatic rings. The largest absolute Gasteiger partial charge is 0.411 e. The van der Waals surface area contributed by atoms with Crippen LogP contribution in [0.25, 0.3) is 11.5 Å². The Hall–Kier alpha value is -2.16. The molecular formula is C20H18BrN3O3S. The number of amides is 1. The molecule has 144 valence electrons. The molecule has 1 unspecified atom stereocenters. The van der Waals surface area contributed by atoms with E-state index in [1.807, 2.05) is 59.5 Å². The molecule has 1 aromatic heterocycles. The number of carbonyl (C=O) groups excluding carboxylic acids is 1. The molecule has 0 spiro atoms. The van der Waals surface area contributed by atoms with Gasteiger partial charge in [0.1, 0.15) is 5.25 Å². The third-order valence-corrected chi connectivity index (χ3v) is 6.15. The van der Waals surface area contributed by atoms with Gasteiger partial charge in [-0.2, -0.15) is 0 Å². The number of aromatic nitrogens is 2. The molecule has 8 heteroatoms. The van der Waals surface area contributed by atoms with E-state index < -0.39 is 5.25 Å². The number of thioether (sulfide) groups is 1. The number of morpholine rings is 1. The summed E-state index contributed by atoms with van der Waals surface area (Å²) in [7, 11) is 0. The maximum atomic E-state index is 13.2. The molecule has 1 aliphatic heterocycles. The van der Waals surface area contributed by atoms with E-state index in [0.717, 1.165) is 15.6 Å². The number of nitrogens with zero attached hydrogens (tertiary/aromatic N) is 3. The Morgan fingerprint density at radius 3 is 2.50 bits per heavy atom. The number of benzene rings is 2. The Kier molecular flexibility index (Phi) is 6.09. The van der Waals surface area contributed by atoms with Gasteiger partial charge in [0.2, 0.25) is 11.8 Å². The van der Waals surface area contributed by atoms with E-state index in [0.29, 0.717) is 37.4 Å². The van der Waals surface area contributed by atoms with Gasteiger partial charge in [0, 0.05) is 17.6 Å². The van der Waals surface area contributed by atoms with Crippen LogP contribution in [0, 0.1) is 0 Å². The van der Waals surface area contributed by atoms with E-state index in [1.54, 1.807) is 0 Å². The molecule has 2 heterocycles. The molecule has 0 radical (unpaired) electrons. The molecule has 28 heavy (non-hydrogen) atoms. The molecule has 0 bridgehead atoms. The van der Waals surface area contributed by atoms with Crippen LogP contribution < -0.4 is 0 Å². The summed E-state index contributed by atoms with van der Waals surface area (Å²) in [4.78, 5) is 15.0. The lowest BCUT2D eigenvalue weighted by Crippen LogP contribution is -2.42. The van der Waals surface area contributed by atoms with Crippen molar-refractivity contribution >= 4 is 33.6 Å². The number of hydrogen-bond acceptors (Lipinski definition) is 6. The van der Waals surface area contributed by atoms with Crippen molar-refractivity contribution in [1.82, 2.24) is 15.1 Å². The van der Waals surface area contributed by atoms with Crippen LogP contribution in [0.4, 0.5) is 0 Å². The van der Waals surface area contributed by atoms with Crippen LogP contribution in [0.15, 0.2) is 68.7 Å². The standard InChI is InChI=1S/C20H18BrN3O3S/c21-16-9-5-4-8-15(16)18-22-23-20(27-18)28-17(14-6-2-1-3-7-14)19(25)24-10-12-26-13-11-24/h1-9,17H,10-13H2. The molecule has 0 N–H and O–H groups in total. The zero-order valence-corrected chi connectivity index (χ0v) is 17.4. The minimum absolute atomic E-state index is 0.0279. The number of halogens is 1. The molecule has 1 amide bonds. The highest BCUT2D eigenvalue weighted by Gasteiger charge is 2.30. The van der Waals surface area contributed by atoms with Crippen LogP contribution in [0.5, 0.6) is 0 Å². The summed E-state index contributed by atoms with van der Waals surface area (Å²) in [6.07, 6.45) is 0. The van der Waals surface area contributed by atoms with Gasteiger partial charge >= 0.3 is 0 Å². The molecule has 0 saturated carbocycles. The van der Waals surface area contributed by atoms with Crippen LogP contribution in [0.1, 0.15) is 10.8 Å². The fourth-order valence-corrected chi connectivity index (χ4v) is 4.35. The number of carbonyl (C=O) groups is 1. The maximum Gasteiger partial charge on any atom is 0.277 e. The Morgan fingerprint density at radius 1 is 1.04 bits per heavy atom. The first-order chi connectivity index (χ1) is 13.7. The smallest absolute Gasteiger partial charge is 0.277 e. The van der Waals surface area contributed by atoms with Gasteiger partial charge in [0.15, 0.2) is 0 Å². The molecule has 1 fully saturated rings. The number of rotatable bonds is 5. The van der Waals surface area contributed by atoms with Crippen molar-refractivity contribution in [2.24, 2.45) is 0 Å². The van der Waals surface area contributed by atoms with Crippen molar-refractivity contribution in [2.75, 3.05) is 26.3 Å². The summed E-state index contributed by atoms with van der Waals surface area (Å²) >= 11 is 4.78. The SMILES string of the molecule is O=C(C(Sc1nnc(-c2ccccc2Br)o1)c1ccccc1)N1CCOCC1. The molecular weight excluding hydrogens is 442 g/mol. The second-order valence-electron chi connectivity index (χ2n) is 6.20. The average Bonchev–Trinajstić information content (AvgIpc) is 3.21. The van der Waals surface area contributed by atoms with Crippen molar-refractivity contribution in [3.8, 4) is 11.5 Å². The van der Waals surface area contributed by atoms with Gasteiger partial charge in [0.05, 0.1) is 18.8 Å². The monoisotopic (exact) mass is 459 g/mol. The second-order valence-corrected chi connectivity index (χ2v) is 8.11. The van der Waals surface area contributed by atoms with Crippen LogP contribution in [0.3, 0.4) is 0 Å². The predicted molar refractivity (Wildman–Crippen MR) is 110 cm³/mol. The summed E-state index contributed by atoms with van der Waals surface area (Å²) < 4.78 is 12.1. The van der Waals surface area contributed by atoms with E-state index in [4.69, 9.17) is 9.15 Å². The lowest BCUT2D eigenvalue weighted by molar-refractivity contribution is -0.134. The van der Waals surface area contributed by atoms with Crippen LogP contribution in [-0.2, 0) is 9.53 Å². The Morgan fingerprint density at radius 2 is 1.75 bits per heavy atom. The third-order valence-electron chi connectivity index (χ3n) is 4.38. The molecule has 3 aromatic rings. The maximum absolute atomic E-state index is 13.2. The highest BCUT2D eigenvalue weighted by atomic mass is 79.9. The van der Waals surface area contributed by atoms with Gasteiger partial charge in [0.25, 0.3) is 5.22 Å². The summed E-state index contributed by atoms with van der Waals surface area (Å²) in [5.74, 6) is 0.445. The van der Waals surface area contributed by atoms with Crippen molar-refractivity contribution in [1.29, 1.82) is 0 Å². The zero-order valence-electron chi connectivity index (χ0n) is 15.0. The Balaban J connectivity index is 1.59. The van der Waals surface area contributed by atoms with Crippen molar-refractivity contribution in [2.45, 2.75) is 10.5 Å². The lowest BCUT2D eigenvalue weighted by Gasteiger charge is -2.29. The van der Waals surface area contributed by atoms with Crippen molar-refractivity contribution < 1.29 is 13.9 Å². The van der Waals surface area contributed by atoms with Gasteiger partial charge < -0.3 is 14.1 Å². The van der Waals surface area contributed by atoms with Crippen molar-refractivity contribution in [3.05, 3.63) is 64.6 Å². The minimum atomic E-state index is -0.452. The van der Waals surface area contributed by atoms with E-state index in [2.05, 4.69) is 26.1 Å². The molecule has 1 atom stereocenters. The Labute approximate surface area is 175 Å². The quantitative estimate of drug-likeness (QED) is 0.532. The van der Waals surface area contributed by atoms with Crippen LogP contribution >= 0.6 is 27.7 Å². The first-order valence-corrected chi connectivity index (χ1v) is 10.6. The highest BCUT2D eigenvalue weighted by molar-refractivity contribution is 9.10. The summed E-state index contributed by atoms with van der Waals surface area (Å²) in [6.45, 7) is 2.30. The molecule has 0 aliphatic carbocycles. The van der Waals surface area contributed by atoms with Gasteiger partial charge in [-0.05, 0) is 45.4 Å². The lowest BCUT2D eigenvalue weighted by atomic mass is 10.1. The van der Waals surface area contributed by atoms with Gasteiger partial charge in [-0.15, -0.1) is 10.2 Å². The number of ether oxygens (including phenoxy) is 1. The summed E-state index contributed by atoms with van der Waals surface area (Å²) in [6, 6.07) is 17.3. The number of hydrogen-bond donors (Lipinski definition) is 0. The first kappa shape index (κ1) is 19.2. The molecule has 2 aromatic carbocycles. The van der Waals surface area contributed by atoms with E-state index >= 15 is 0 Å². The highest BCUT2D eigenvalue weighted by Crippen LogP contribution is 2.38.